The van der Waals surface area contributed by atoms with Crippen molar-refractivity contribution in [3.8, 4) is 39.1 Å². The fraction of sp³-hybridized carbons (Fsp3) is 0. The van der Waals surface area contributed by atoms with E-state index < -0.39 is 0 Å². The highest BCUT2D eigenvalue weighted by atomic mass is 32.1. The molecule has 0 atom stereocenters. The van der Waals surface area contributed by atoms with E-state index in [9.17, 15) is 0 Å². The number of hydrogen-bond donors (Lipinski definition) is 0. The maximum absolute atomic E-state index is 4.79. The number of pyridine rings is 1. The first-order chi connectivity index (χ1) is 21.8. The highest BCUT2D eigenvalue weighted by Crippen LogP contribution is 2.42. The first-order valence-corrected chi connectivity index (χ1v) is 15.7. The SMILES string of the molecule is c1ccc(-c2cc(-c3cccc(-c4cccc(-n5c6ccccc6c6ccccc65)c4)c3)cc3c2sc2cccnc23)cc1. The number of thiophene rings is 1. The zero-order chi connectivity index (χ0) is 29.0. The van der Waals surface area contributed by atoms with Gasteiger partial charge in [0.2, 0.25) is 0 Å². The van der Waals surface area contributed by atoms with Gasteiger partial charge in [0, 0.05) is 38.3 Å². The number of hydrogen-bond acceptors (Lipinski definition) is 2. The molecule has 0 aliphatic carbocycles. The molecule has 3 heteroatoms. The zero-order valence-corrected chi connectivity index (χ0v) is 24.6. The predicted octanol–water partition coefficient (Wildman–Crippen LogP) is 11.5. The molecule has 9 aromatic rings. The van der Waals surface area contributed by atoms with Crippen molar-refractivity contribution in [2.75, 3.05) is 0 Å². The topological polar surface area (TPSA) is 17.8 Å². The van der Waals surface area contributed by atoms with E-state index in [0.29, 0.717) is 0 Å². The van der Waals surface area contributed by atoms with Crippen molar-refractivity contribution < 1.29 is 0 Å². The van der Waals surface area contributed by atoms with E-state index in [4.69, 9.17) is 4.98 Å². The molecule has 0 aliphatic heterocycles. The Kier molecular flexibility index (Phi) is 5.71. The molecule has 0 fully saturated rings. The van der Waals surface area contributed by atoms with Gasteiger partial charge in [0.15, 0.2) is 0 Å². The molecule has 0 saturated heterocycles. The Labute approximate surface area is 259 Å². The van der Waals surface area contributed by atoms with Crippen LogP contribution in [0.2, 0.25) is 0 Å². The lowest BCUT2D eigenvalue weighted by molar-refractivity contribution is 1.18. The molecule has 9 rings (SSSR count). The van der Waals surface area contributed by atoms with Crippen molar-refractivity contribution in [3.05, 3.63) is 158 Å². The molecule has 3 aromatic heterocycles. The van der Waals surface area contributed by atoms with Gasteiger partial charge in [-0.25, -0.2) is 0 Å². The average Bonchev–Trinajstić information content (AvgIpc) is 3.64. The Morgan fingerprint density at radius 1 is 0.455 bits per heavy atom. The Morgan fingerprint density at radius 3 is 1.86 bits per heavy atom. The van der Waals surface area contributed by atoms with Crippen molar-refractivity contribution >= 4 is 53.4 Å². The van der Waals surface area contributed by atoms with Crippen LogP contribution in [0.5, 0.6) is 0 Å². The van der Waals surface area contributed by atoms with Gasteiger partial charge in [0.1, 0.15) is 0 Å². The molecule has 206 valence electrons. The minimum Gasteiger partial charge on any atom is -0.309 e. The monoisotopic (exact) mass is 578 g/mol. The van der Waals surface area contributed by atoms with Gasteiger partial charge in [0.05, 0.1) is 21.3 Å². The summed E-state index contributed by atoms with van der Waals surface area (Å²) in [5.74, 6) is 0. The third-order valence-corrected chi connectivity index (χ3v) is 9.82. The van der Waals surface area contributed by atoms with Gasteiger partial charge in [-0.2, -0.15) is 0 Å². The fourth-order valence-electron chi connectivity index (χ4n) is 6.60. The predicted molar refractivity (Wildman–Crippen MR) is 188 cm³/mol. The molecule has 0 aliphatic rings. The third-order valence-electron chi connectivity index (χ3n) is 8.63. The Bertz CT molecular complexity index is 2450. The Hall–Kier alpha value is -5.51. The van der Waals surface area contributed by atoms with E-state index >= 15 is 0 Å². The molecule has 0 radical (unpaired) electrons. The average molecular weight is 579 g/mol. The summed E-state index contributed by atoms with van der Waals surface area (Å²) in [5, 5.41) is 3.76. The quantitative estimate of drug-likeness (QED) is 0.203. The molecule has 0 unspecified atom stereocenters. The second kappa shape index (κ2) is 10.0. The van der Waals surface area contributed by atoms with Gasteiger partial charge in [0.25, 0.3) is 0 Å². The molecule has 0 spiro atoms. The summed E-state index contributed by atoms with van der Waals surface area (Å²) in [4.78, 5) is 4.79. The molecule has 2 nitrogen and oxygen atoms in total. The second-order valence-corrected chi connectivity index (χ2v) is 12.3. The third kappa shape index (κ3) is 3.98. The maximum Gasteiger partial charge on any atom is 0.0888 e. The molecule has 0 N–H and O–H groups in total. The minimum atomic E-state index is 1.07. The summed E-state index contributed by atoms with van der Waals surface area (Å²) in [5.41, 5.74) is 11.9. The van der Waals surface area contributed by atoms with Crippen LogP contribution in [0.4, 0.5) is 0 Å². The number of para-hydroxylation sites is 2. The van der Waals surface area contributed by atoms with Crippen LogP contribution in [0.15, 0.2) is 158 Å². The van der Waals surface area contributed by atoms with E-state index in [0.717, 1.165) is 11.2 Å². The first-order valence-electron chi connectivity index (χ1n) is 14.9. The largest absolute Gasteiger partial charge is 0.309 e. The van der Waals surface area contributed by atoms with Gasteiger partial charge in [-0.05, 0) is 82.4 Å². The van der Waals surface area contributed by atoms with E-state index in [1.165, 1.54) is 70.0 Å². The van der Waals surface area contributed by atoms with Gasteiger partial charge < -0.3 is 4.57 Å². The molecule has 0 bridgehead atoms. The molecular weight excluding hydrogens is 553 g/mol. The van der Waals surface area contributed by atoms with E-state index in [1.807, 2.05) is 23.6 Å². The lowest BCUT2D eigenvalue weighted by Crippen LogP contribution is -1.94. The number of rotatable bonds is 4. The van der Waals surface area contributed by atoms with Crippen molar-refractivity contribution in [2.45, 2.75) is 0 Å². The van der Waals surface area contributed by atoms with Crippen LogP contribution in [-0.4, -0.2) is 9.55 Å². The van der Waals surface area contributed by atoms with Crippen molar-refractivity contribution in [2.24, 2.45) is 0 Å². The standard InChI is InChI=1S/C41H26N2S/c1-2-11-27(12-3-1)35-25-31(26-36-40-39(44-41(35)36)21-10-22-42-40)29-14-8-13-28(23-29)30-15-9-16-32(24-30)43-37-19-6-4-17-33(37)34-18-5-7-20-38(34)43/h1-26H. The van der Waals surface area contributed by atoms with Crippen LogP contribution in [0.1, 0.15) is 0 Å². The van der Waals surface area contributed by atoms with Crippen LogP contribution in [0.25, 0.3) is 81.2 Å². The summed E-state index contributed by atoms with van der Waals surface area (Å²) in [6, 6.07) is 54.8. The summed E-state index contributed by atoms with van der Waals surface area (Å²) in [6.07, 6.45) is 1.90. The number of fused-ring (bicyclic) bond motifs is 6. The Morgan fingerprint density at radius 2 is 1.09 bits per heavy atom. The fourth-order valence-corrected chi connectivity index (χ4v) is 7.78. The van der Waals surface area contributed by atoms with Crippen LogP contribution in [0, 0.1) is 0 Å². The summed E-state index contributed by atoms with van der Waals surface area (Å²) >= 11 is 1.82. The van der Waals surface area contributed by atoms with Gasteiger partial charge >= 0.3 is 0 Å². The van der Waals surface area contributed by atoms with Crippen LogP contribution < -0.4 is 0 Å². The van der Waals surface area contributed by atoms with Crippen LogP contribution in [0.3, 0.4) is 0 Å². The lowest BCUT2D eigenvalue weighted by atomic mass is 9.94. The summed E-state index contributed by atoms with van der Waals surface area (Å²) in [6.45, 7) is 0. The van der Waals surface area contributed by atoms with E-state index in [-0.39, 0.29) is 0 Å². The number of nitrogens with zero attached hydrogens (tertiary/aromatic N) is 2. The van der Waals surface area contributed by atoms with Crippen LogP contribution in [-0.2, 0) is 0 Å². The van der Waals surface area contributed by atoms with Gasteiger partial charge in [-0.15, -0.1) is 11.3 Å². The Balaban J connectivity index is 1.20. The van der Waals surface area contributed by atoms with Crippen LogP contribution >= 0.6 is 11.3 Å². The molecule has 3 heterocycles. The molecule has 0 saturated carbocycles. The van der Waals surface area contributed by atoms with E-state index in [1.54, 1.807) is 0 Å². The second-order valence-electron chi connectivity index (χ2n) is 11.2. The minimum absolute atomic E-state index is 1.07. The smallest absolute Gasteiger partial charge is 0.0888 e. The van der Waals surface area contributed by atoms with Crippen molar-refractivity contribution in [1.29, 1.82) is 0 Å². The van der Waals surface area contributed by atoms with E-state index in [2.05, 4.69) is 150 Å². The molecular formula is C41H26N2S. The zero-order valence-electron chi connectivity index (χ0n) is 23.8. The van der Waals surface area contributed by atoms with Gasteiger partial charge in [-0.3, -0.25) is 4.98 Å². The lowest BCUT2D eigenvalue weighted by Gasteiger charge is -2.12. The summed E-state index contributed by atoms with van der Waals surface area (Å²) < 4.78 is 4.88. The van der Waals surface area contributed by atoms with Crippen molar-refractivity contribution in [3.63, 3.8) is 0 Å². The molecule has 44 heavy (non-hydrogen) atoms. The highest BCUT2D eigenvalue weighted by molar-refractivity contribution is 7.26. The van der Waals surface area contributed by atoms with Gasteiger partial charge in [-0.1, -0.05) is 97.1 Å². The number of aromatic nitrogens is 2. The molecule has 6 aromatic carbocycles. The normalized spacial score (nSPS) is 11.6. The van der Waals surface area contributed by atoms with Crippen molar-refractivity contribution in [1.82, 2.24) is 9.55 Å². The molecule has 0 amide bonds. The highest BCUT2D eigenvalue weighted by Gasteiger charge is 2.15. The first kappa shape index (κ1) is 25.0. The summed E-state index contributed by atoms with van der Waals surface area (Å²) in [7, 11) is 0. The maximum atomic E-state index is 4.79. The number of benzene rings is 6.